The van der Waals surface area contributed by atoms with E-state index in [9.17, 15) is 0 Å². The lowest BCUT2D eigenvalue weighted by molar-refractivity contribution is 0.163. The van der Waals surface area contributed by atoms with Gasteiger partial charge in [0.2, 0.25) is 0 Å². The number of hydrogen-bond donors (Lipinski definition) is 1. The first-order chi connectivity index (χ1) is 8.47. The Morgan fingerprint density at radius 1 is 1.06 bits per heavy atom. The Hall–Kier alpha value is -0.500. The van der Waals surface area contributed by atoms with Crippen LogP contribution in [0.4, 0.5) is 5.69 Å². The van der Waals surface area contributed by atoms with Crippen molar-refractivity contribution in [2.24, 2.45) is 11.3 Å². The zero-order chi connectivity index (χ0) is 13.2. The number of halogens is 1. The van der Waals surface area contributed by atoms with Crippen molar-refractivity contribution in [1.82, 2.24) is 0 Å². The molecule has 18 heavy (non-hydrogen) atoms. The summed E-state index contributed by atoms with van der Waals surface area (Å²) in [5, 5.41) is 3.74. The highest BCUT2D eigenvalue weighted by molar-refractivity contribution is 9.10. The Kier molecular flexibility index (Phi) is 4.37. The molecule has 1 nitrogen and oxygen atoms in total. The molecule has 1 aromatic rings. The van der Waals surface area contributed by atoms with Gasteiger partial charge in [-0.3, -0.25) is 0 Å². The van der Waals surface area contributed by atoms with Gasteiger partial charge in [0.05, 0.1) is 0 Å². The van der Waals surface area contributed by atoms with Crippen LogP contribution in [-0.2, 0) is 0 Å². The highest BCUT2D eigenvalue weighted by atomic mass is 79.9. The van der Waals surface area contributed by atoms with E-state index in [1.54, 1.807) is 0 Å². The van der Waals surface area contributed by atoms with Gasteiger partial charge >= 0.3 is 0 Å². The smallest absolute Gasteiger partial charge is 0.0343 e. The summed E-state index contributed by atoms with van der Waals surface area (Å²) in [6.45, 7) is 7.12. The van der Waals surface area contributed by atoms with Gasteiger partial charge < -0.3 is 5.32 Å². The summed E-state index contributed by atoms with van der Waals surface area (Å²) in [5.74, 6) is 0.773. The van der Waals surface area contributed by atoms with Crippen molar-refractivity contribution < 1.29 is 0 Å². The van der Waals surface area contributed by atoms with Gasteiger partial charge in [-0.1, -0.05) is 49.5 Å². The average Bonchev–Trinajstić information content (AvgIpc) is 2.31. The lowest BCUT2D eigenvalue weighted by Gasteiger charge is -2.41. The van der Waals surface area contributed by atoms with E-state index in [0.29, 0.717) is 11.5 Å². The molecule has 100 valence electrons. The highest BCUT2D eigenvalue weighted by Gasteiger charge is 2.33. The van der Waals surface area contributed by atoms with Crippen LogP contribution in [0.3, 0.4) is 0 Å². The highest BCUT2D eigenvalue weighted by Crippen LogP contribution is 2.39. The van der Waals surface area contributed by atoms with Crippen molar-refractivity contribution in [2.45, 2.75) is 52.5 Å². The van der Waals surface area contributed by atoms with Gasteiger partial charge in [-0.05, 0) is 48.4 Å². The molecule has 1 fully saturated rings. The molecule has 1 N–H and O–H groups in total. The third-order valence-corrected chi connectivity index (χ3v) is 4.60. The summed E-state index contributed by atoms with van der Waals surface area (Å²) in [4.78, 5) is 0. The van der Waals surface area contributed by atoms with E-state index in [2.05, 4.69) is 66.3 Å². The van der Waals surface area contributed by atoms with Crippen molar-refractivity contribution in [1.29, 1.82) is 0 Å². The van der Waals surface area contributed by atoms with Crippen LogP contribution in [0, 0.1) is 11.3 Å². The van der Waals surface area contributed by atoms with Gasteiger partial charge in [0.1, 0.15) is 0 Å². The summed E-state index contributed by atoms with van der Waals surface area (Å²) in [5.41, 5.74) is 1.65. The predicted octanol–water partition coefficient (Wildman–Crippen LogP) is 5.47. The molecule has 0 aliphatic heterocycles. The fraction of sp³-hybridized carbons (Fsp3) is 0.625. The number of hydrogen-bond acceptors (Lipinski definition) is 1. The maximum Gasteiger partial charge on any atom is 0.0343 e. The molecule has 1 aliphatic rings. The third-order valence-electron chi connectivity index (χ3n) is 4.07. The summed E-state index contributed by atoms with van der Waals surface area (Å²) in [7, 11) is 0. The van der Waals surface area contributed by atoms with Crippen molar-refractivity contribution in [3.63, 3.8) is 0 Å². The molecule has 1 aliphatic carbocycles. The van der Waals surface area contributed by atoms with Gasteiger partial charge in [0.15, 0.2) is 0 Å². The summed E-state index contributed by atoms with van der Waals surface area (Å²) in [6, 6.07) is 9.17. The number of benzene rings is 1. The lowest BCUT2D eigenvalue weighted by Crippen LogP contribution is -2.39. The van der Waals surface area contributed by atoms with Crippen LogP contribution in [0.1, 0.15) is 46.5 Å². The molecule has 0 amide bonds. The molecular formula is C16H24BrN. The van der Waals surface area contributed by atoms with E-state index in [0.717, 1.165) is 10.4 Å². The van der Waals surface area contributed by atoms with Gasteiger partial charge in [0, 0.05) is 16.2 Å². The Balaban J connectivity index is 2.08. The molecule has 2 heteroatoms. The van der Waals surface area contributed by atoms with Crippen LogP contribution in [0.2, 0.25) is 0 Å². The molecule has 1 saturated carbocycles. The molecule has 1 aromatic carbocycles. The van der Waals surface area contributed by atoms with Crippen LogP contribution in [0.25, 0.3) is 0 Å². The predicted molar refractivity (Wildman–Crippen MR) is 83.0 cm³/mol. The van der Waals surface area contributed by atoms with E-state index in [4.69, 9.17) is 0 Å². The van der Waals surface area contributed by atoms with Crippen molar-refractivity contribution in [3.8, 4) is 0 Å². The van der Waals surface area contributed by atoms with Gasteiger partial charge in [-0.15, -0.1) is 0 Å². The number of nitrogens with one attached hydrogen (secondary N) is 1. The number of rotatable bonds is 2. The maximum atomic E-state index is 3.74. The van der Waals surface area contributed by atoms with E-state index in [1.807, 2.05) is 0 Å². The second kappa shape index (κ2) is 5.64. The number of anilines is 1. The zero-order valence-corrected chi connectivity index (χ0v) is 13.3. The molecule has 0 spiro atoms. The third kappa shape index (κ3) is 3.50. The van der Waals surface area contributed by atoms with Crippen molar-refractivity contribution >= 4 is 21.6 Å². The maximum absolute atomic E-state index is 3.74. The molecule has 0 saturated heterocycles. The average molecular weight is 310 g/mol. The SMILES string of the molecule is CC(C)(C)C1CCCCC1Nc1ccc(Br)cc1. The molecule has 0 aromatic heterocycles. The Morgan fingerprint density at radius 2 is 1.67 bits per heavy atom. The minimum absolute atomic E-state index is 0.396. The minimum atomic E-state index is 0.396. The molecule has 2 atom stereocenters. The van der Waals surface area contributed by atoms with E-state index in [1.165, 1.54) is 31.4 Å². The summed E-state index contributed by atoms with van der Waals surface area (Å²) in [6.07, 6.45) is 5.41. The Labute approximate surface area is 119 Å². The topological polar surface area (TPSA) is 12.0 Å². The molecule has 2 unspecified atom stereocenters. The molecular weight excluding hydrogens is 286 g/mol. The second-order valence-electron chi connectivity index (χ2n) is 6.51. The first kappa shape index (κ1) is 13.9. The second-order valence-corrected chi connectivity index (χ2v) is 7.43. The Morgan fingerprint density at radius 3 is 2.28 bits per heavy atom. The quantitative estimate of drug-likeness (QED) is 0.764. The first-order valence-corrected chi connectivity index (χ1v) is 7.78. The van der Waals surface area contributed by atoms with E-state index in [-0.39, 0.29) is 0 Å². The van der Waals surface area contributed by atoms with E-state index < -0.39 is 0 Å². The van der Waals surface area contributed by atoms with Gasteiger partial charge in [-0.25, -0.2) is 0 Å². The van der Waals surface area contributed by atoms with Crippen LogP contribution in [-0.4, -0.2) is 6.04 Å². The molecule has 0 radical (unpaired) electrons. The monoisotopic (exact) mass is 309 g/mol. The van der Waals surface area contributed by atoms with Gasteiger partial charge in [-0.2, -0.15) is 0 Å². The summed E-state index contributed by atoms with van der Waals surface area (Å²) < 4.78 is 1.14. The summed E-state index contributed by atoms with van der Waals surface area (Å²) >= 11 is 3.49. The van der Waals surface area contributed by atoms with Gasteiger partial charge in [0.25, 0.3) is 0 Å². The molecule has 0 heterocycles. The first-order valence-electron chi connectivity index (χ1n) is 6.99. The van der Waals surface area contributed by atoms with Crippen LogP contribution < -0.4 is 5.32 Å². The van der Waals surface area contributed by atoms with E-state index >= 15 is 0 Å². The fourth-order valence-electron chi connectivity index (χ4n) is 3.10. The lowest BCUT2D eigenvalue weighted by atomic mass is 9.69. The van der Waals surface area contributed by atoms with Crippen LogP contribution in [0.15, 0.2) is 28.7 Å². The molecule has 2 rings (SSSR count). The minimum Gasteiger partial charge on any atom is -0.382 e. The normalized spacial score (nSPS) is 24.9. The standard InChI is InChI=1S/C16H24BrN/c1-16(2,3)14-6-4-5-7-15(14)18-13-10-8-12(17)9-11-13/h8-11,14-15,18H,4-7H2,1-3H3. The van der Waals surface area contributed by atoms with Crippen LogP contribution >= 0.6 is 15.9 Å². The van der Waals surface area contributed by atoms with Crippen LogP contribution in [0.5, 0.6) is 0 Å². The fourth-order valence-corrected chi connectivity index (χ4v) is 3.36. The van der Waals surface area contributed by atoms with Crippen molar-refractivity contribution in [3.05, 3.63) is 28.7 Å². The largest absolute Gasteiger partial charge is 0.382 e. The Bertz CT molecular complexity index is 377. The van der Waals surface area contributed by atoms with Crippen molar-refractivity contribution in [2.75, 3.05) is 5.32 Å². The zero-order valence-electron chi connectivity index (χ0n) is 11.7. The molecule has 0 bridgehead atoms.